The number of hydrogen-bond donors (Lipinski definition) is 4. The highest BCUT2D eigenvalue weighted by molar-refractivity contribution is 5.98. The molecular weight excluding hydrogens is 424 g/mol. The van der Waals surface area contributed by atoms with E-state index in [9.17, 15) is 0 Å². The summed E-state index contributed by atoms with van der Waals surface area (Å²) in [5.41, 5.74) is 15.9. The molecule has 0 aromatic heterocycles. The molecule has 1 aliphatic carbocycles. The second-order valence-corrected chi connectivity index (χ2v) is 9.22. The van der Waals surface area contributed by atoms with Gasteiger partial charge in [0, 0.05) is 24.0 Å². The van der Waals surface area contributed by atoms with Crippen LogP contribution in [0, 0.1) is 0 Å². The van der Waals surface area contributed by atoms with Crippen LogP contribution in [0.15, 0.2) is 71.1 Å². The van der Waals surface area contributed by atoms with Crippen molar-refractivity contribution in [1.29, 1.82) is 0 Å². The smallest absolute Gasteiger partial charge is 0.152 e. The minimum absolute atomic E-state index is 0.259. The number of hydrazine groups is 1. The molecule has 7 heteroatoms. The van der Waals surface area contributed by atoms with Gasteiger partial charge in [-0.05, 0) is 62.2 Å². The van der Waals surface area contributed by atoms with Crippen molar-refractivity contribution in [3.8, 4) is 0 Å². The van der Waals surface area contributed by atoms with Crippen molar-refractivity contribution in [3.05, 3.63) is 77.1 Å². The van der Waals surface area contributed by atoms with E-state index in [4.69, 9.17) is 22.0 Å². The number of piperidine rings is 1. The fourth-order valence-electron chi connectivity index (χ4n) is 4.69. The maximum Gasteiger partial charge on any atom is 0.152 e. The van der Waals surface area contributed by atoms with E-state index >= 15 is 0 Å². The summed E-state index contributed by atoms with van der Waals surface area (Å²) in [5.74, 6) is 7.42. The molecule has 1 saturated heterocycles. The Labute approximate surface area is 203 Å². The Morgan fingerprint density at radius 1 is 1.03 bits per heavy atom. The van der Waals surface area contributed by atoms with Crippen LogP contribution in [0.1, 0.15) is 56.1 Å². The van der Waals surface area contributed by atoms with Gasteiger partial charge in [0.2, 0.25) is 0 Å². The lowest BCUT2D eigenvalue weighted by molar-refractivity contribution is 0.0219. The molecule has 4 rings (SSSR count). The van der Waals surface area contributed by atoms with Gasteiger partial charge in [0.25, 0.3) is 0 Å². The van der Waals surface area contributed by atoms with E-state index in [1.165, 1.54) is 10.7 Å². The Kier molecular flexibility index (Phi) is 8.21. The van der Waals surface area contributed by atoms with Gasteiger partial charge in [-0.2, -0.15) is 0 Å². The fraction of sp³-hybridized carbons (Fsp3) is 0.444. The van der Waals surface area contributed by atoms with E-state index in [0.717, 1.165) is 87.0 Å². The van der Waals surface area contributed by atoms with Crippen LogP contribution in [-0.4, -0.2) is 42.7 Å². The van der Waals surface area contributed by atoms with E-state index in [1.54, 1.807) is 0 Å². The van der Waals surface area contributed by atoms with Gasteiger partial charge in [0.05, 0.1) is 6.54 Å². The van der Waals surface area contributed by atoms with Gasteiger partial charge in [-0.3, -0.25) is 0 Å². The van der Waals surface area contributed by atoms with Crippen LogP contribution in [0.5, 0.6) is 0 Å². The van der Waals surface area contributed by atoms with Crippen molar-refractivity contribution in [2.45, 2.75) is 50.5 Å². The van der Waals surface area contributed by atoms with E-state index < -0.39 is 0 Å². The minimum Gasteiger partial charge on any atom is -0.482 e. The molecule has 182 valence electrons. The number of amidine groups is 1. The van der Waals surface area contributed by atoms with Gasteiger partial charge in [-0.1, -0.05) is 55.3 Å². The number of rotatable bonds is 9. The molecule has 0 unspecified atom stereocenters. The second-order valence-electron chi connectivity index (χ2n) is 9.22. The zero-order chi connectivity index (χ0) is 23.8. The number of nitrogens with zero attached hydrogens (tertiary/aromatic N) is 2. The standard InChI is InChI=1S/C27H38N6O/c28-16-6-1-2-7-19-33(30)32-26(29)22-12-10-21(11-13-22)24-20-27(14-17-31-18-15-27)34-25-9-5-3-4-8-23(24)25/h4-5,8-13,20,31H,1-3,6-7,14-19,28,30H2,(H2,29,32). The van der Waals surface area contributed by atoms with Gasteiger partial charge in [0.15, 0.2) is 5.84 Å². The van der Waals surface area contributed by atoms with Gasteiger partial charge in [0.1, 0.15) is 11.4 Å². The van der Waals surface area contributed by atoms with Gasteiger partial charge in [-0.25, -0.2) is 11.0 Å². The molecule has 2 heterocycles. The Morgan fingerprint density at radius 3 is 2.53 bits per heavy atom. The summed E-state index contributed by atoms with van der Waals surface area (Å²) in [7, 11) is 0. The zero-order valence-corrected chi connectivity index (χ0v) is 20.0. The molecule has 0 amide bonds. The molecule has 3 aliphatic rings. The number of nitrogens with two attached hydrogens (primary N) is 3. The molecule has 0 radical (unpaired) electrons. The Bertz CT molecular complexity index is 983. The number of allylic oxidation sites excluding steroid dienone is 6. The molecule has 34 heavy (non-hydrogen) atoms. The second kappa shape index (κ2) is 11.5. The van der Waals surface area contributed by atoms with Crippen LogP contribution >= 0.6 is 0 Å². The molecule has 1 spiro atoms. The fourth-order valence-corrected chi connectivity index (χ4v) is 4.69. The summed E-state index contributed by atoms with van der Waals surface area (Å²) in [6, 6.07) is 8.27. The highest BCUT2D eigenvalue weighted by Crippen LogP contribution is 2.42. The first-order valence-electron chi connectivity index (χ1n) is 12.5. The first-order chi connectivity index (χ1) is 16.6. The van der Waals surface area contributed by atoms with Crippen LogP contribution in [0.4, 0.5) is 0 Å². The summed E-state index contributed by atoms with van der Waals surface area (Å²) in [6.07, 6.45) is 18.0. The van der Waals surface area contributed by atoms with Gasteiger partial charge >= 0.3 is 0 Å². The minimum atomic E-state index is -0.259. The monoisotopic (exact) mass is 462 g/mol. The average Bonchev–Trinajstić information content (AvgIpc) is 3.09. The lowest BCUT2D eigenvalue weighted by atomic mass is 9.83. The molecule has 0 atom stereocenters. The molecule has 0 bridgehead atoms. The number of hydrogen-bond acceptors (Lipinski definition) is 6. The summed E-state index contributed by atoms with van der Waals surface area (Å²) in [4.78, 5) is 0. The molecule has 0 saturated carbocycles. The maximum atomic E-state index is 6.57. The van der Waals surface area contributed by atoms with Crippen molar-refractivity contribution >= 4 is 11.4 Å². The summed E-state index contributed by atoms with van der Waals surface area (Å²) in [6.45, 7) is 3.33. The van der Waals surface area contributed by atoms with Crippen molar-refractivity contribution in [2.24, 2.45) is 22.4 Å². The zero-order valence-electron chi connectivity index (χ0n) is 20.0. The predicted molar refractivity (Wildman–Crippen MR) is 139 cm³/mol. The lowest BCUT2D eigenvalue weighted by Gasteiger charge is -2.40. The van der Waals surface area contributed by atoms with Crippen LogP contribution in [0.2, 0.25) is 0 Å². The SMILES string of the molecule is NCCCCCCN(N)/N=C(\N)c1ccc(C2=CC3(CCNCC3)OC3=C2C=CCC=C3)cc1. The quantitative estimate of drug-likeness (QED) is 0.147. The Hall–Kier alpha value is -2.87. The van der Waals surface area contributed by atoms with Crippen LogP contribution in [0.25, 0.3) is 5.57 Å². The van der Waals surface area contributed by atoms with E-state index in [2.05, 4.69) is 52.9 Å². The molecule has 1 fully saturated rings. The van der Waals surface area contributed by atoms with E-state index in [-0.39, 0.29) is 5.60 Å². The first kappa shape index (κ1) is 24.3. The maximum absolute atomic E-state index is 6.57. The van der Waals surface area contributed by atoms with E-state index in [0.29, 0.717) is 12.4 Å². The molecule has 1 aromatic rings. The third kappa shape index (κ3) is 5.97. The largest absolute Gasteiger partial charge is 0.482 e. The topological polar surface area (TPSA) is 115 Å². The normalized spacial score (nSPS) is 19.5. The van der Waals surface area contributed by atoms with Crippen molar-refractivity contribution in [1.82, 2.24) is 10.4 Å². The first-order valence-corrected chi connectivity index (χ1v) is 12.5. The number of nitrogens with one attached hydrogen (secondary N) is 1. The Balaban J connectivity index is 1.51. The number of hydrazone groups is 1. The van der Waals surface area contributed by atoms with Crippen molar-refractivity contribution in [3.63, 3.8) is 0 Å². The van der Waals surface area contributed by atoms with Gasteiger partial charge in [-0.15, -0.1) is 5.10 Å². The highest BCUT2D eigenvalue weighted by atomic mass is 16.5. The van der Waals surface area contributed by atoms with Crippen LogP contribution < -0.4 is 22.6 Å². The lowest BCUT2D eigenvalue weighted by Crippen LogP contribution is -2.43. The summed E-state index contributed by atoms with van der Waals surface area (Å²) < 4.78 is 6.57. The number of unbranched alkanes of at least 4 members (excludes halogenated alkanes) is 3. The van der Waals surface area contributed by atoms with Crippen LogP contribution in [0.3, 0.4) is 0 Å². The van der Waals surface area contributed by atoms with Gasteiger partial charge < -0.3 is 21.5 Å². The molecule has 7 N–H and O–H groups in total. The summed E-state index contributed by atoms with van der Waals surface area (Å²) in [5, 5.41) is 9.25. The Morgan fingerprint density at radius 2 is 1.76 bits per heavy atom. The predicted octanol–water partition coefficient (Wildman–Crippen LogP) is 3.31. The molecule has 2 aliphatic heterocycles. The van der Waals surface area contributed by atoms with Crippen LogP contribution in [-0.2, 0) is 4.74 Å². The number of benzene rings is 1. The van der Waals surface area contributed by atoms with Crippen molar-refractivity contribution < 1.29 is 4.74 Å². The third-order valence-electron chi connectivity index (χ3n) is 6.62. The third-order valence-corrected chi connectivity index (χ3v) is 6.62. The van der Waals surface area contributed by atoms with Crippen molar-refractivity contribution in [2.75, 3.05) is 26.2 Å². The number of ether oxygens (including phenoxy) is 1. The summed E-state index contributed by atoms with van der Waals surface area (Å²) >= 11 is 0. The highest BCUT2D eigenvalue weighted by Gasteiger charge is 2.37. The molecule has 7 nitrogen and oxygen atoms in total. The molecule has 1 aromatic carbocycles. The molecular formula is C27H38N6O. The average molecular weight is 463 g/mol. The van der Waals surface area contributed by atoms with E-state index in [1.807, 2.05) is 12.1 Å².